The van der Waals surface area contributed by atoms with Crippen molar-refractivity contribution >= 4 is 37.5 Å². The molecule has 0 spiro atoms. The summed E-state index contributed by atoms with van der Waals surface area (Å²) in [6.07, 6.45) is 0. The van der Waals surface area contributed by atoms with Gasteiger partial charge in [-0.1, -0.05) is 18.2 Å². The quantitative estimate of drug-likeness (QED) is 0.541. The van der Waals surface area contributed by atoms with Crippen LogP contribution in [0, 0.1) is 15.9 Å². The van der Waals surface area contributed by atoms with Gasteiger partial charge in [0, 0.05) is 11.6 Å². The Morgan fingerprint density at radius 1 is 1.15 bits per heavy atom. The van der Waals surface area contributed by atoms with Crippen molar-refractivity contribution in [3.05, 3.63) is 66.8 Å². The molecule has 0 atom stereocenters. The van der Waals surface area contributed by atoms with Crippen LogP contribution in [-0.4, -0.2) is 4.92 Å². The van der Waals surface area contributed by atoms with Gasteiger partial charge in [0.05, 0.1) is 9.40 Å². The van der Waals surface area contributed by atoms with Gasteiger partial charge in [0.25, 0.3) is 5.69 Å². The molecule has 0 aliphatic carbocycles. The average Bonchev–Trinajstić information content (AvgIpc) is 2.41. The van der Waals surface area contributed by atoms with E-state index in [0.29, 0.717) is 15.8 Å². The summed E-state index contributed by atoms with van der Waals surface area (Å²) in [5, 5.41) is 10.8. The average molecular weight is 405 g/mol. The van der Waals surface area contributed by atoms with E-state index < -0.39 is 4.92 Å². The van der Waals surface area contributed by atoms with Gasteiger partial charge in [-0.25, -0.2) is 4.39 Å². The predicted molar refractivity (Wildman–Crippen MR) is 79.2 cm³/mol. The summed E-state index contributed by atoms with van der Waals surface area (Å²) in [6, 6.07) is 9.11. The fourth-order valence-corrected chi connectivity index (χ4v) is 2.47. The lowest BCUT2D eigenvalue weighted by Crippen LogP contribution is -1.99. The molecule has 0 saturated carbocycles. The fourth-order valence-electron chi connectivity index (χ4n) is 1.57. The number of nitro benzene ring substituents is 1. The number of hydrogen-bond donors (Lipinski definition) is 0. The van der Waals surface area contributed by atoms with E-state index in [4.69, 9.17) is 4.74 Å². The number of nitrogens with zero attached hydrogens (tertiary/aromatic N) is 1. The monoisotopic (exact) mass is 403 g/mol. The highest BCUT2D eigenvalue weighted by Crippen LogP contribution is 2.34. The summed E-state index contributed by atoms with van der Waals surface area (Å²) in [6.45, 7) is 0.0953. The molecule has 0 unspecified atom stereocenters. The van der Waals surface area contributed by atoms with Crippen LogP contribution in [0.3, 0.4) is 0 Å². The predicted octanol–water partition coefficient (Wildman–Crippen LogP) is 4.84. The molecular weight excluding hydrogens is 397 g/mol. The Morgan fingerprint density at radius 3 is 2.55 bits per heavy atom. The minimum absolute atomic E-state index is 0.0826. The Morgan fingerprint density at radius 2 is 1.85 bits per heavy atom. The van der Waals surface area contributed by atoms with Gasteiger partial charge >= 0.3 is 0 Å². The molecule has 0 amide bonds. The van der Waals surface area contributed by atoms with Crippen molar-refractivity contribution < 1.29 is 14.1 Å². The number of benzene rings is 2. The third-order valence-corrected chi connectivity index (χ3v) is 4.24. The van der Waals surface area contributed by atoms with Crippen LogP contribution in [0.5, 0.6) is 5.75 Å². The third kappa shape index (κ3) is 3.16. The van der Waals surface area contributed by atoms with Gasteiger partial charge in [0.2, 0.25) is 0 Å². The first-order valence-corrected chi connectivity index (χ1v) is 7.08. The Balaban J connectivity index is 2.21. The Hall–Kier alpha value is -1.47. The van der Waals surface area contributed by atoms with Crippen LogP contribution in [0.25, 0.3) is 0 Å². The highest BCUT2D eigenvalue weighted by atomic mass is 79.9. The minimum atomic E-state index is -0.505. The number of halogens is 3. The molecule has 0 N–H and O–H groups in total. The van der Waals surface area contributed by atoms with Crippen LogP contribution in [-0.2, 0) is 6.61 Å². The van der Waals surface area contributed by atoms with E-state index in [1.54, 1.807) is 18.2 Å². The second-order valence-electron chi connectivity index (χ2n) is 3.85. The zero-order chi connectivity index (χ0) is 14.7. The molecule has 2 aromatic carbocycles. The van der Waals surface area contributed by atoms with Gasteiger partial charge < -0.3 is 4.74 Å². The second kappa shape index (κ2) is 6.32. The van der Waals surface area contributed by atoms with E-state index in [-0.39, 0.29) is 22.6 Å². The van der Waals surface area contributed by atoms with Crippen LogP contribution in [0.15, 0.2) is 45.3 Å². The summed E-state index contributed by atoms with van der Waals surface area (Å²) in [5.41, 5.74) is 0.532. The van der Waals surface area contributed by atoms with E-state index in [1.165, 1.54) is 18.2 Å². The van der Waals surface area contributed by atoms with E-state index in [1.807, 2.05) is 0 Å². The topological polar surface area (TPSA) is 52.4 Å². The van der Waals surface area contributed by atoms with Crippen molar-refractivity contribution in [1.29, 1.82) is 0 Å². The summed E-state index contributed by atoms with van der Waals surface area (Å²) in [7, 11) is 0. The number of ether oxygens (including phenoxy) is 1. The summed E-state index contributed by atoms with van der Waals surface area (Å²) in [4.78, 5) is 10.3. The molecule has 0 aromatic heterocycles. The maximum absolute atomic E-state index is 13.4. The molecule has 2 rings (SSSR count). The van der Waals surface area contributed by atoms with Crippen molar-refractivity contribution in [2.45, 2.75) is 6.61 Å². The standard InChI is InChI=1S/C13H8Br2FNO3/c14-12-8(3-1-4-9(12)16)7-20-11-6-2-5-10(13(11)15)17(18)19/h1-6H,7H2. The highest BCUT2D eigenvalue weighted by Gasteiger charge is 2.16. The molecular formula is C13H8Br2FNO3. The van der Waals surface area contributed by atoms with E-state index >= 15 is 0 Å². The molecule has 0 saturated heterocycles. The zero-order valence-electron chi connectivity index (χ0n) is 9.98. The normalized spacial score (nSPS) is 10.3. The van der Waals surface area contributed by atoms with Gasteiger partial charge in [0.1, 0.15) is 22.6 Å². The van der Waals surface area contributed by atoms with Crippen LogP contribution >= 0.6 is 31.9 Å². The first-order valence-electron chi connectivity index (χ1n) is 5.49. The molecule has 0 bridgehead atoms. The van der Waals surface area contributed by atoms with Crippen LogP contribution < -0.4 is 4.74 Å². The molecule has 4 nitrogen and oxygen atoms in total. The van der Waals surface area contributed by atoms with Crippen LogP contribution in [0.4, 0.5) is 10.1 Å². The molecule has 7 heteroatoms. The summed E-state index contributed by atoms with van der Waals surface area (Å²) < 4.78 is 19.4. The summed E-state index contributed by atoms with van der Waals surface area (Å²) >= 11 is 6.27. The largest absolute Gasteiger partial charge is 0.487 e. The summed E-state index contributed by atoms with van der Waals surface area (Å²) in [5.74, 6) is -0.0560. The highest BCUT2D eigenvalue weighted by molar-refractivity contribution is 9.11. The first-order chi connectivity index (χ1) is 9.50. The molecule has 0 aliphatic heterocycles. The van der Waals surface area contributed by atoms with Gasteiger partial charge in [-0.05, 0) is 44.0 Å². The van der Waals surface area contributed by atoms with E-state index in [9.17, 15) is 14.5 Å². The Bertz CT molecular complexity index is 664. The number of hydrogen-bond acceptors (Lipinski definition) is 3. The number of nitro groups is 1. The van der Waals surface area contributed by atoms with Gasteiger partial charge in [-0.15, -0.1) is 0 Å². The maximum atomic E-state index is 13.4. The Labute approximate surface area is 131 Å². The molecule has 0 fully saturated rings. The van der Waals surface area contributed by atoms with E-state index in [2.05, 4.69) is 31.9 Å². The second-order valence-corrected chi connectivity index (χ2v) is 5.43. The van der Waals surface area contributed by atoms with Crippen molar-refractivity contribution in [3.63, 3.8) is 0 Å². The smallest absolute Gasteiger partial charge is 0.287 e. The lowest BCUT2D eigenvalue weighted by Gasteiger charge is -2.10. The third-order valence-electron chi connectivity index (χ3n) is 2.55. The van der Waals surface area contributed by atoms with Crippen LogP contribution in [0.2, 0.25) is 0 Å². The van der Waals surface area contributed by atoms with Crippen molar-refractivity contribution in [3.8, 4) is 5.75 Å². The lowest BCUT2D eigenvalue weighted by molar-refractivity contribution is -0.385. The van der Waals surface area contributed by atoms with Crippen molar-refractivity contribution in [2.24, 2.45) is 0 Å². The van der Waals surface area contributed by atoms with Gasteiger partial charge in [-0.2, -0.15) is 0 Å². The molecule has 0 radical (unpaired) electrons. The molecule has 0 aliphatic rings. The Kier molecular flexibility index (Phi) is 4.72. The van der Waals surface area contributed by atoms with Gasteiger partial charge in [0.15, 0.2) is 0 Å². The molecule has 0 heterocycles. The van der Waals surface area contributed by atoms with Crippen LogP contribution in [0.1, 0.15) is 5.56 Å². The molecule has 20 heavy (non-hydrogen) atoms. The number of rotatable bonds is 4. The lowest BCUT2D eigenvalue weighted by atomic mass is 10.2. The molecule has 2 aromatic rings. The molecule has 104 valence electrons. The maximum Gasteiger partial charge on any atom is 0.287 e. The fraction of sp³-hybridized carbons (Fsp3) is 0.0769. The minimum Gasteiger partial charge on any atom is -0.487 e. The first kappa shape index (κ1) is 14.9. The van der Waals surface area contributed by atoms with E-state index in [0.717, 1.165) is 0 Å². The van der Waals surface area contributed by atoms with Crippen molar-refractivity contribution in [1.82, 2.24) is 0 Å². The van der Waals surface area contributed by atoms with Gasteiger partial charge in [-0.3, -0.25) is 10.1 Å². The van der Waals surface area contributed by atoms with Crippen molar-refractivity contribution in [2.75, 3.05) is 0 Å². The SMILES string of the molecule is O=[N+]([O-])c1cccc(OCc2cccc(F)c2Br)c1Br. The zero-order valence-corrected chi connectivity index (χ0v) is 13.1.